The van der Waals surface area contributed by atoms with E-state index in [1.165, 1.54) is 0 Å². The van der Waals surface area contributed by atoms with Crippen molar-refractivity contribution < 1.29 is 9.59 Å². The Hall–Kier alpha value is -3.66. The molecule has 0 radical (unpaired) electrons. The van der Waals surface area contributed by atoms with Crippen molar-refractivity contribution in [2.24, 2.45) is 5.92 Å². The SMILES string of the molecule is CC(C)CNC(=O)Cc1ccc(N(Cc2ccccc2)C(=O)C=Cc2ccccc2)cc1. The first-order chi connectivity index (χ1) is 15.5. The van der Waals surface area contributed by atoms with Gasteiger partial charge in [-0.15, -0.1) is 0 Å². The Morgan fingerprint density at radius 2 is 1.47 bits per heavy atom. The highest BCUT2D eigenvalue weighted by Crippen LogP contribution is 2.20. The first-order valence-electron chi connectivity index (χ1n) is 11.0. The molecule has 0 saturated carbocycles. The third kappa shape index (κ3) is 7.24. The summed E-state index contributed by atoms with van der Waals surface area (Å²) >= 11 is 0. The maximum atomic E-state index is 13.1. The van der Waals surface area contributed by atoms with E-state index in [9.17, 15) is 9.59 Å². The predicted octanol–water partition coefficient (Wildman–Crippen LogP) is 5.25. The van der Waals surface area contributed by atoms with Crippen LogP contribution in [0.4, 0.5) is 5.69 Å². The van der Waals surface area contributed by atoms with Crippen LogP contribution in [0.2, 0.25) is 0 Å². The maximum absolute atomic E-state index is 13.1. The molecule has 0 saturated heterocycles. The summed E-state index contributed by atoms with van der Waals surface area (Å²) in [6.45, 7) is 5.27. The topological polar surface area (TPSA) is 49.4 Å². The van der Waals surface area contributed by atoms with Gasteiger partial charge in [-0.3, -0.25) is 9.59 Å². The van der Waals surface area contributed by atoms with Gasteiger partial charge in [0, 0.05) is 18.3 Å². The zero-order valence-corrected chi connectivity index (χ0v) is 18.7. The van der Waals surface area contributed by atoms with Gasteiger partial charge in [0.1, 0.15) is 0 Å². The summed E-state index contributed by atoms with van der Waals surface area (Å²) in [7, 11) is 0. The Bertz CT molecular complexity index is 1030. The van der Waals surface area contributed by atoms with E-state index < -0.39 is 0 Å². The van der Waals surface area contributed by atoms with E-state index in [4.69, 9.17) is 0 Å². The number of hydrogen-bond acceptors (Lipinski definition) is 2. The molecule has 0 aliphatic heterocycles. The van der Waals surface area contributed by atoms with E-state index in [0.717, 1.165) is 22.4 Å². The normalized spacial score (nSPS) is 11.0. The van der Waals surface area contributed by atoms with Crippen LogP contribution in [-0.4, -0.2) is 18.4 Å². The van der Waals surface area contributed by atoms with Crippen LogP contribution in [0.25, 0.3) is 6.08 Å². The summed E-state index contributed by atoms with van der Waals surface area (Å²) in [6.07, 6.45) is 3.76. The highest BCUT2D eigenvalue weighted by Gasteiger charge is 2.14. The Kier molecular flexibility index (Phi) is 8.38. The van der Waals surface area contributed by atoms with Crippen LogP contribution < -0.4 is 10.2 Å². The Morgan fingerprint density at radius 1 is 0.844 bits per heavy atom. The predicted molar refractivity (Wildman–Crippen MR) is 131 cm³/mol. The van der Waals surface area contributed by atoms with E-state index >= 15 is 0 Å². The number of hydrogen-bond donors (Lipinski definition) is 1. The van der Waals surface area contributed by atoms with Gasteiger partial charge < -0.3 is 10.2 Å². The quantitative estimate of drug-likeness (QED) is 0.475. The Balaban J connectivity index is 1.76. The molecular weight excluding hydrogens is 396 g/mol. The molecule has 2 amide bonds. The second kappa shape index (κ2) is 11.7. The molecule has 1 N–H and O–H groups in total. The molecule has 0 spiro atoms. The molecule has 4 nitrogen and oxygen atoms in total. The summed E-state index contributed by atoms with van der Waals surface area (Å²) in [6, 6.07) is 27.3. The zero-order chi connectivity index (χ0) is 22.8. The molecule has 3 rings (SSSR count). The molecule has 0 aliphatic carbocycles. The average molecular weight is 427 g/mol. The smallest absolute Gasteiger partial charge is 0.251 e. The molecule has 32 heavy (non-hydrogen) atoms. The van der Waals surface area contributed by atoms with E-state index in [0.29, 0.717) is 25.4 Å². The van der Waals surface area contributed by atoms with Crippen LogP contribution in [0.3, 0.4) is 0 Å². The van der Waals surface area contributed by atoms with Crippen molar-refractivity contribution in [1.82, 2.24) is 5.32 Å². The van der Waals surface area contributed by atoms with E-state index in [1.807, 2.05) is 91.0 Å². The number of rotatable bonds is 9. The van der Waals surface area contributed by atoms with Crippen LogP contribution >= 0.6 is 0 Å². The second-order valence-corrected chi connectivity index (χ2v) is 8.20. The number of carbonyl (C=O) groups is 2. The lowest BCUT2D eigenvalue weighted by atomic mass is 10.1. The minimum Gasteiger partial charge on any atom is -0.356 e. The van der Waals surface area contributed by atoms with Gasteiger partial charge >= 0.3 is 0 Å². The minimum atomic E-state index is -0.0971. The average Bonchev–Trinajstić information content (AvgIpc) is 2.82. The van der Waals surface area contributed by atoms with Crippen molar-refractivity contribution in [2.75, 3.05) is 11.4 Å². The second-order valence-electron chi connectivity index (χ2n) is 8.20. The van der Waals surface area contributed by atoms with Crippen LogP contribution in [0.15, 0.2) is 91.0 Å². The van der Waals surface area contributed by atoms with Gasteiger partial charge in [-0.1, -0.05) is 86.6 Å². The van der Waals surface area contributed by atoms with Crippen molar-refractivity contribution in [3.05, 3.63) is 108 Å². The number of amides is 2. The van der Waals surface area contributed by atoms with Gasteiger partial charge in [0.15, 0.2) is 0 Å². The molecular formula is C28H30N2O2. The largest absolute Gasteiger partial charge is 0.356 e. The van der Waals surface area contributed by atoms with Crippen molar-refractivity contribution >= 4 is 23.6 Å². The van der Waals surface area contributed by atoms with Crippen LogP contribution in [0, 0.1) is 5.92 Å². The lowest BCUT2D eigenvalue weighted by Crippen LogP contribution is -2.29. The first kappa shape index (κ1) is 23.0. The third-order valence-corrected chi connectivity index (χ3v) is 4.99. The van der Waals surface area contributed by atoms with Crippen LogP contribution in [0.5, 0.6) is 0 Å². The van der Waals surface area contributed by atoms with Gasteiger partial charge in [-0.2, -0.15) is 0 Å². The molecule has 4 heteroatoms. The van der Waals surface area contributed by atoms with Crippen LogP contribution in [0.1, 0.15) is 30.5 Å². The summed E-state index contributed by atoms with van der Waals surface area (Å²) in [5.41, 5.74) is 3.74. The van der Waals surface area contributed by atoms with Crippen molar-refractivity contribution in [2.45, 2.75) is 26.8 Å². The summed E-state index contributed by atoms with van der Waals surface area (Å²) < 4.78 is 0. The fourth-order valence-corrected chi connectivity index (χ4v) is 3.24. The van der Waals surface area contributed by atoms with E-state index in [1.54, 1.807) is 11.0 Å². The standard InChI is InChI=1S/C28H30N2O2/c1-22(2)20-29-27(31)19-24-13-16-26(17-14-24)30(21-25-11-7-4-8-12-25)28(32)18-15-23-9-5-3-6-10-23/h3-18,22H,19-21H2,1-2H3,(H,29,31). The molecule has 164 valence electrons. The minimum absolute atomic E-state index is 0.00876. The highest BCUT2D eigenvalue weighted by atomic mass is 16.2. The number of nitrogens with zero attached hydrogens (tertiary/aromatic N) is 1. The fourth-order valence-electron chi connectivity index (χ4n) is 3.24. The van der Waals surface area contributed by atoms with Gasteiger partial charge in [0.2, 0.25) is 5.91 Å². The molecule has 3 aromatic rings. The number of carbonyl (C=O) groups excluding carboxylic acids is 2. The maximum Gasteiger partial charge on any atom is 0.251 e. The van der Waals surface area contributed by atoms with Gasteiger partial charge in [-0.05, 0) is 40.8 Å². The molecule has 0 fully saturated rings. The Morgan fingerprint density at radius 3 is 2.09 bits per heavy atom. The molecule has 0 atom stereocenters. The molecule has 3 aromatic carbocycles. The Labute approximate surface area is 190 Å². The summed E-state index contributed by atoms with van der Waals surface area (Å²) in [5, 5.41) is 2.94. The third-order valence-electron chi connectivity index (χ3n) is 4.99. The summed E-state index contributed by atoms with van der Waals surface area (Å²) in [5.74, 6) is 0.331. The number of benzene rings is 3. The van der Waals surface area contributed by atoms with Crippen molar-refractivity contribution in [3.8, 4) is 0 Å². The zero-order valence-electron chi connectivity index (χ0n) is 18.7. The van der Waals surface area contributed by atoms with Gasteiger partial charge in [-0.25, -0.2) is 0 Å². The van der Waals surface area contributed by atoms with Gasteiger partial charge in [0.25, 0.3) is 5.91 Å². The van der Waals surface area contributed by atoms with Crippen molar-refractivity contribution in [1.29, 1.82) is 0 Å². The lowest BCUT2D eigenvalue weighted by molar-refractivity contribution is -0.120. The fraction of sp³-hybridized carbons (Fsp3) is 0.214. The van der Waals surface area contributed by atoms with Crippen LogP contribution in [-0.2, 0) is 22.6 Å². The van der Waals surface area contributed by atoms with E-state index in [2.05, 4.69) is 19.2 Å². The monoisotopic (exact) mass is 426 g/mol. The molecule has 0 aliphatic rings. The number of anilines is 1. The molecule has 0 bridgehead atoms. The number of nitrogens with one attached hydrogen (secondary N) is 1. The van der Waals surface area contributed by atoms with Gasteiger partial charge in [0.05, 0.1) is 13.0 Å². The molecule has 0 heterocycles. The first-order valence-corrected chi connectivity index (χ1v) is 11.0. The van der Waals surface area contributed by atoms with E-state index in [-0.39, 0.29) is 11.8 Å². The molecule has 0 unspecified atom stereocenters. The van der Waals surface area contributed by atoms with Crippen molar-refractivity contribution in [3.63, 3.8) is 0 Å². The molecule has 0 aromatic heterocycles. The summed E-state index contributed by atoms with van der Waals surface area (Å²) in [4.78, 5) is 27.0. The highest BCUT2D eigenvalue weighted by molar-refractivity contribution is 6.03. The lowest BCUT2D eigenvalue weighted by Gasteiger charge is -2.22.